The molecule has 20 heavy (non-hydrogen) atoms. The van der Waals surface area contributed by atoms with Crippen molar-refractivity contribution in [3.63, 3.8) is 0 Å². The first-order valence-corrected chi connectivity index (χ1v) is 7.44. The number of nitrogens with one attached hydrogen (secondary N) is 3. The van der Waals surface area contributed by atoms with Crippen molar-refractivity contribution in [3.05, 3.63) is 18.3 Å². The minimum absolute atomic E-state index is 0.0791. The Balaban J connectivity index is 2.51. The van der Waals surface area contributed by atoms with Crippen LogP contribution in [0.3, 0.4) is 0 Å². The number of rotatable bonds is 6. The molecule has 0 aliphatic carbocycles. The Morgan fingerprint density at radius 3 is 2.50 bits per heavy atom. The molecule has 0 fully saturated rings. The van der Waals surface area contributed by atoms with E-state index in [4.69, 9.17) is 0 Å². The first-order valence-electron chi connectivity index (χ1n) is 5.95. The molecule has 0 aromatic carbocycles. The van der Waals surface area contributed by atoms with Gasteiger partial charge < -0.3 is 15.5 Å². The van der Waals surface area contributed by atoms with Gasteiger partial charge in [-0.05, 0) is 12.1 Å². The van der Waals surface area contributed by atoms with Crippen molar-refractivity contribution in [3.8, 4) is 0 Å². The van der Waals surface area contributed by atoms with Gasteiger partial charge in [0.1, 0.15) is 10.7 Å². The normalized spacial score (nSPS) is 10.9. The molecule has 0 aliphatic heterocycles. The molecule has 0 unspecified atom stereocenters. The Hall–Kier alpha value is -1.87. The highest BCUT2D eigenvalue weighted by molar-refractivity contribution is 7.89. The summed E-state index contributed by atoms with van der Waals surface area (Å²) in [7, 11) is 1.30. The van der Waals surface area contributed by atoms with Crippen molar-refractivity contribution in [2.75, 3.05) is 39.5 Å². The average molecular weight is 301 g/mol. The molecule has 3 N–H and O–H groups in total. The molecule has 0 bridgehead atoms. The van der Waals surface area contributed by atoms with Crippen LogP contribution in [0.25, 0.3) is 0 Å². The molecule has 0 spiro atoms. The molecule has 0 atom stereocenters. The van der Waals surface area contributed by atoms with Gasteiger partial charge in [0.15, 0.2) is 0 Å². The van der Waals surface area contributed by atoms with E-state index in [0.717, 1.165) is 0 Å². The zero-order valence-corrected chi connectivity index (χ0v) is 12.5. The van der Waals surface area contributed by atoms with Crippen LogP contribution < -0.4 is 15.4 Å². The van der Waals surface area contributed by atoms with Crippen molar-refractivity contribution < 1.29 is 13.2 Å². The first kappa shape index (κ1) is 16.2. The lowest BCUT2D eigenvalue weighted by molar-refractivity contribution is 0.217. The number of sulfonamides is 1. The Labute approximate surface area is 118 Å². The number of pyridine rings is 1. The highest BCUT2D eigenvalue weighted by Gasteiger charge is 2.13. The van der Waals surface area contributed by atoms with E-state index in [9.17, 15) is 13.2 Å². The number of hydrogen-bond donors (Lipinski definition) is 3. The summed E-state index contributed by atoms with van der Waals surface area (Å²) in [6, 6.07) is 2.76. The van der Waals surface area contributed by atoms with Gasteiger partial charge in [-0.25, -0.2) is 22.9 Å². The number of aromatic nitrogens is 1. The molecule has 9 heteroatoms. The van der Waals surface area contributed by atoms with E-state index in [-0.39, 0.29) is 24.0 Å². The van der Waals surface area contributed by atoms with Crippen molar-refractivity contribution >= 4 is 21.9 Å². The third kappa shape index (κ3) is 4.67. The van der Waals surface area contributed by atoms with E-state index < -0.39 is 10.0 Å². The minimum atomic E-state index is -3.61. The van der Waals surface area contributed by atoms with Gasteiger partial charge in [0.25, 0.3) is 0 Å². The molecule has 1 aromatic heterocycles. The Kier molecular flexibility index (Phi) is 5.71. The summed E-state index contributed by atoms with van der Waals surface area (Å²) in [5.41, 5.74) is 0. The number of carbonyl (C=O) groups is 1. The molecule has 1 heterocycles. The molecular weight excluding hydrogens is 282 g/mol. The van der Waals surface area contributed by atoms with Gasteiger partial charge in [-0.15, -0.1) is 0 Å². The number of anilines is 1. The fraction of sp³-hybridized carbons (Fsp3) is 0.455. The molecule has 0 aliphatic rings. The molecular formula is C11H19N5O3S. The zero-order chi connectivity index (χ0) is 15.2. The fourth-order valence-electron chi connectivity index (χ4n) is 1.28. The van der Waals surface area contributed by atoms with E-state index in [0.29, 0.717) is 5.82 Å². The van der Waals surface area contributed by atoms with Gasteiger partial charge in [0.05, 0.1) is 0 Å². The van der Waals surface area contributed by atoms with Crippen LogP contribution in [-0.2, 0) is 10.0 Å². The second-order valence-corrected chi connectivity index (χ2v) is 5.92. The van der Waals surface area contributed by atoms with Crippen molar-refractivity contribution in [2.24, 2.45) is 0 Å². The molecule has 0 saturated carbocycles. The van der Waals surface area contributed by atoms with E-state index in [1.165, 1.54) is 17.2 Å². The molecule has 1 aromatic rings. The largest absolute Gasteiger partial charge is 0.373 e. The standard InChI is InChI=1S/C11H19N5O3S/c1-12-10-5-4-9(8-14-10)20(18,19)15-7-6-13-11(17)16(2)3/h4-5,8,15H,6-7H2,1-3H3,(H,12,14)(H,13,17). The van der Waals surface area contributed by atoms with Crippen LogP contribution in [0.5, 0.6) is 0 Å². The Bertz CT molecular complexity index is 542. The van der Waals surface area contributed by atoms with Gasteiger partial charge in [-0.1, -0.05) is 0 Å². The quantitative estimate of drug-likeness (QED) is 0.624. The maximum atomic E-state index is 11.9. The molecule has 1 rings (SSSR count). The maximum absolute atomic E-state index is 11.9. The third-order valence-electron chi connectivity index (χ3n) is 2.40. The Morgan fingerprint density at radius 1 is 1.30 bits per heavy atom. The smallest absolute Gasteiger partial charge is 0.316 e. The van der Waals surface area contributed by atoms with Gasteiger partial charge in [0, 0.05) is 40.4 Å². The van der Waals surface area contributed by atoms with Crippen molar-refractivity contribution in [1.29, 1.82) is 0 Å². The summed E-state index contributed by atoms with van der Waals surface area (Å²) >= 11 is 0. The second kappa shape index (κ2) is 7.06. The van der Waals surface area contributed by atoms with Crippen LogP contribution in [0.1, 0.15) is 0 Å². The van der Waals surface area contributed by atoms with Crippen LogP contribution >= 0.6 is 0 Å². The second-order valence-electron chi connectivity index (χ2n) is 4.15. The lowest BCUT2D eigenvalue weighted by Crippen LogP contribution is -2.39. The lowest BCUT2D eigenvalue weighted by Gasteiger charge is -2.12. The van der Waals surface area contributed by atoms with E-state index in [2.05, 4.69) is 20.3 Å². The van der Waals surface area contributed by atoms with Crippen molar-refractivity contribution in [1.82, 2.24) is 19.9 Å². The average Bonchev–Trinajstić information content (AvgIpc) is 2.43. The summed E-state index contributed by atoms with van der Waals surface area (Å²) in [6.07, 6.45) is 1.27. The topological polar surface area (TPSA) is 103 Å². The first-order chi connectivity index (χ1) is 9.36. The lowest BCUT2D eigenvalue weighted by atomic mass is 10.5. The summed E-state index contributed by atoms with van der Waals surface area (Å²) in [6.45, 7) is 0.313. The van der Waals surface area contributed by atoms with E-state index in [1.54, 1.807) is 27.2 Å². The summed E-state index contributed by atoms with van der Waals surface area (Å²) in [5.74, 6) is 0.585. The predicted molar refractivity (Wildman–Crippen MR) is 76.1 cm³/mol. The highest BCUT2D eigenvalue weighted by Crippen LogP contribution is 2.09. The molecule has 2 amide bonds. The minimum Gasteiger partial charge on any atom is -0.373 e. The molecule has 8 nitrogen and oxygen atoms in total. The van der Waals surface area contributed by atoms with Crippen LogP contribution in [-0.4, -0.2) is 58.6 Å². The van der Waals surface area contributed by atoms with E-state index >= 15 is 0 Å². The highest BCUT2D eigenvalue weighted by atomic mass is 32.2. The van der Waals surface area contributed by atoms with Crippen LogP contribution in [0.4, 0.5) is 10.6 Å². The zero-order valence-electron chi connectivity index (χ0n) is 11.7. The number of urea groups is 1. The monoisotopic (exact) mass is 301 g/mol. The van der Waals surface area contributed by atoms with Gasteiger partial charge in [-0.2, -0.15) is 0 Å². The number of amides is 2. The van der Waals surface area contributed by atoms with Crippen LogP contribution in [0, 0.1) is 0 Å². The molecule has 0 saturated heterocycles. The van der Waals surface area contributed by atoms with E-state index in [1.807, 2.05) is 0 Å². The fourth-order valence-corrected chi connectivity index (χ4v) is 2.26. The number of nitrogens with zero attached hydrogens (tertiary/aromatic N) is 2. The van der Waals surface area contributed by atoms with Gasteiger partial charge in [-0.3, -0.25) is 0 Å². The third-order valence-corrected chi connectivity index (χ3v) is 3.85. The predicted octanol–water partition coefficient (Wildman–Crippen LogP) is -0.327. The summed E-state index contributed by atoms with van der Waals surface area (Å²) in [5, 5.41) is 5.36. The maximum Gasteiger partial charge on any atom is 0.316 e. The summed E-state index contributed by atoms with van der Waals surface area (Å²) < 4.78 is 26.2. The summed E-state index contributed by atoms with van der Waals surface area (Å²) in [4.78, 5) is 16.6. The van der Waals surface area contributed by atoms with Crippen LogP contribution in [0.2, 0.25) is 0 Å². The van der Waals surface area contributed by atoms with Crippen molar-refractivity contribution in [2.45, 2.75) is 4.90 Å². The molecule has 0 radical (unpaired) electrons. The number of carbonyl (C=O) groups excluding carboxylic acids is 1. The molecule has 112 valence electrons. The number of hydrogen-bond acceptors (Lipinski definition) is 5. The Morgan fingerprint density at radius 2 is 2.00 bits per heavy atom. The SMILES string of the molecule is CNc1ccc(S(=O)(=O)NCCNC(=O)N(C)C)cn1. The van der Waals surface area contributed by atoms with Gasteiger partial charge >= 0.3 is 6.03 Å². The van der Waals surface area contributed by atoms with Crippen LogP contribution in [0.15, 0.2) is 23.2 Å². The van der Waals surface area contributed by atoms with Gasteiger partial charge in [0.2, 0.25) is 10.0 Å².